The van der Waals surface area contributed by atoms with E-state index in [1.165, 1.54) is 5.70 Å². The lowest BCUT2D eigenvalue weighted by Crippen LogP contribution is -2.53. The smallest absolute Gasteiger partial charge is 0.0402 e. The van der Waals surface area contributed by atoms with E-state index in [9.17, 15) is 0 Å². The van der Waals surface area contributed by atoms with E-state index >= 15 is 0 Å². The van der Waals surface area contributed by atoms with Gasteiger partial charge in [-0.15, -0.1) is 0 Å². The Kier molecular flexibility index (Phi) is 3.29. The summed E-state index contributed by atoms with van der Waals surface area (Å²) in [6.07, 6.45) is 6.21. The molecule has 1 fully saturated rings. The van der Waals surface area contributed by atoms with Gasteiger partial charge in [-0.05, 0) is 32.9 Å². The molecule has 0 aromatic rings. The zero-order valence-corrected chi connectivity index (χ0v) is 11.2. The van der Waals surface area contributed by atoms with Gasteiger partial charge in [-0.3, -0.25) is 4.90 Å². The SMILES string of the molecule is C=C1C=C(N2CCN(C(C)(C)C)CC2)C=CN1. The van der Waals surface area contributed by atoms with Gasteiger partial charge in [0.1, 0.15) is 0 Å². The maximum atomic E-state index is 3.94. The molecule has 3 nitrogen and oxygen atoms in total. The molecule has 0 aliphatic carbocycles. The number of allylic oxidation sites excluding steroid dienone is 2. The Bertz CT molecular complexity index is 352. The Labute approximate surface area is 104 Å². The van der Waals surface area contributed by atoms with E-state index in [2.05, 4.69) is 54.6 Å². The molecule has 2 aliphatic rings. The first-order valence-corrected chi connectivity index (χ1v) is 6.30. The van der Waals surface area contributed by atoms with Crippen LogP contribution in [-0.2, 0) is 0 Å². The molecule has 0 aromatic carbocycles. The summed E-state index contributed by atoms with van der Waals surface area (Å²) < 4.78 is 0. The van der Waals surface area contributed by atoms with Gasteiger partial charge in [0.15, 0.2) is 0 Å². The molecule has 0 aromatic heterocycles. The first kappa shape index (κ1) is 12.2. The van der Waals surface area contributed by atoms with Crippen LogP contribution in [0.4, 0.5) is 0 Å². The average Bonchev–Trinajstić information content (AvgIpc) is 2.28. The van der Waals surface area contributed by atoms with E-state index in [0.717, 1.165) is 31.9 Å². The summed E-state index contributed by atoms with van der Waals surface area (Å²) in [5.41, 5.74) is 2.54. The predicted molar refractivity (Wildman–Crippen MR) is 72.4 cm³/mol. The van der Waals surface area contributed by atoms with E-state index in [1.54, 1.807) is 0 Å². The van der Waals surface area contributed by atoms with Crippen LogP contribution in [0.2, 0.25) is 0 Å². The summed E-state index contributed by atoms with van der Waals surface area (Å²) in [5.74, 6) is 0. The molecular formula is C14H23N3. The highest BCUT2D eigenvalue weighted by Gasteiger charge is 2.26. The third kappa shape index (κ3) is 2.91. The van der Waals surface area contributed by atoms with E-state index in [1.807, 2.05) is 6.20 Å². The minimum Gasteiger partial charge on any atom is -0.369 e. The van der Waals surface area contributed by atoms with Crippen molar-refractivity contribution in [2.45, 2.75) is 26.3 Å². The van der Waals surface area contributed by atoms with Crippen LogP contribution < -0.4 is 5.32 Å². The summed E-state index contributed by atoms with van der Waals surface area (Å²) in [6, 6.07) is 0. The topological polar surface area (TPSA) is 18.5 Å². The highest BCUT2D eigenvalue weighted by molar-refractivity contribution is 5.32. The molecule has 0 amide bonds. The van der Waals surface area contributed by atoms with Crippen LogP contribution in [0, 0.1) is 0 Å². The van der Waals surface area contributed by atoms with Gasteiger partial charge < -0.3 is 10.2 Å². The van der Waals surface area contributed by atoms with E-state index in [4.69, 9.17) is 0 Å². The molecule has 0 saturated carbocycles. The second kappa shape index (κ2) is 4.57. The van der Waals surface area contributed by atoms with Crippen molar-refractivity contribution in [3.8, 4) is 0 Å². The van der Waals surface area contributed by atoms with Crippen molar-refractivity contribution in [2.75, 3.05) is 26.2 Å². The Morgan fingerprint density at radius 3 is 2.35 bits per heavy atom. The van der Waals surface area contributed by atoms with Crippen molar-refractivity contribution in [1.29, 1.82) is 0 Å². The zero-order chi connectivity index (χ0) is 12.5. The van der Waals surface area contributed by atoms with Crippen LogP contribution in [0.5, 0.6) is 0 Å². The highest BCUT2D eigenvalue weighted by atomic mass is 15.3. The molecule has 3 heteroatoms. The summed E-state index contributed by atoms with van der Waals surface area (Å²) in [5, 5.41) is 3.10. The van der Waals surface area contributed by atoms with Gasteiger partial charge in [0.2, 0.25) is 0 Å². The quantitative estimate of drug-likeness (QED) is 0.746. The van der Waals surface area contributed by atoms with E-state index in [0.29, 0.717) is 0 Å². The Morgan fingerprint density at radius 2 is 1.82 bits per heavy atom. The molecule has 0 radical (unpaired) electrons. The number of hydrogen-bond acceptors (Lipinski definition) is 3. The van der Waals surface area contributed by atoms with Crippen molar-refractivity contribution >= 4 is 0 Å². The lowest BCUT2D eigenvalue weighted by atomic mass is 10.0. The molecule has 17 heavy (non-hydrogen) atoms. The monoisotopic (exact) mass is 233 g/mol. The first-order valence-electron chi connectivity index (χ1n) is 6.30. The first-order chi connectivity index (χ1) is 7.97. The molecule has 0 spiro atoms. The van der Waals surface area contributed by atoms with Crippen LogP contribution in [0.3, 0.4) is 0 Å². The average molecular weight is 233 g/mol. The third-order valence-electron chi connectivity index (χ3n) is 3.44. The molecule has 0 atom stereocenters. The Morgan fingerprint density at radius 1 is 1.18 bits per heavy atom. The van der Waals surface area contributed by atoms with Gasteiger partial charge >= 0.3 is 0 Å². The molecule has 0 bridgehead atoms. The number of rotatable bonds is 1. The van der Waals surface area contributed by atoms with Crippen molar-refractivity contribution in [3.05, 3.63) is 36.3 Å². The number of nitrogens with zero attached hydrogens (tertiary/aromatic N) is 2. The van der Waals surface area contributed by atoms with E-state index < -0.39 is 0 Å². The lowest BCUT2D eigenvalue weighted by Gasteiger charge is -2.43. The second-order valence-corrected chi connectivity index (χ2v) is 5.72. The van der Waals surface area contributed by atoms with Crippen LogP contribution in [0.1, 0.15) is 20.8 Å². The fourth-order valence-electron chi connectivity index (χ4n) is 2.33. The predicted octanol–water partition coefficient (Wildman–Crippen LogP) is 1.92. The van der Waals surface area contributed by atoms with Gasteiger partial charge in [-0.25, -0.2) is 0 Å². The summed E-state index contributed by atoms with van der Waals surface area (Å²) in [4.78, 5) is 4.98. The largest absolute Gasteiger partial charge is 0.369 e. The van der Waals surface area contributed by atoms with Gasteiger partial charge in [-0.2, -0.15) is 0 Å². The molecule has 1 N–H and O–H groups in total. The molecule has 94 valence electrons. The van der Waals surface area contributed by atoms with E-state index in [-0.39, 0.29) is 5.54 Å². The minimum atomic E-state index is 0.286. The minimum absolute atomic E-state index is 0.286. The van der Waals surface area contributed by atoms with Crippen LogP contribution in [0.15, 0.2) is 36.3 Å². The standard InChI is InChI=1S/C14H23N3/c1-12-11-13(5-6-15-12)16-7-9-17(10-8-16)14(2,3)4/h5-6,11,15H,1,7-10H2,2-4H3. The normalized spacial score (nSPS) is 22.4. The number of hydrogen-bond donors (Lipinski definition) is 1. The van der Waals surface area contributed by atoms with Crippen LogP contribution >= 0.6 is 0 Å². The summed E-state index contributed by atoms with van der Waals surface area (Å²) in [7, 11) is 0. The summed E-state index contributed by atoms with van der Waals surface area (Å²) in [6.45, 7) is 15.3. The van der Waals surface area contributed by atoms with Crippen molar-refractivity contribution < 1.29 is 0 Å². The second-order valence-electron chi connectivity index (χ2n) is 5.72. The fraction of sp³-hybridized carbons (Fsp3) is 0.571. The molecule has 1 saturated heterocycles. The number of dihydropyridines is 1. The molecule has 0 unspecified atom stereocenters. The zero-order valence-electron chi connectivity index (χ0n) is 11.2. The van der Waals surface area contributed by atoms with Gasteiger partial charge in [-0.1, -0.05) is 6.58 Å². The molecule has 2 heterocycles. The highest BCUT2D eigenvalue weighted by Crippen LogP contribution is 2.19. The number of piperazine rings is 1. The summed E-state index contributed by atoms with van der Waals surface area (Å²) >= 11 is 0. The Hall–Kier alpha value is -1.22. The van der Waals surface area contributed by atoms with Gasteiger partial charge in [0.05, 0.1) is 0 Å². The van der Waals surface area contributed by atoms with Gasteiger partial charge in [0, 0.05) is 49.3 Å². The van der Waals surface area contributed by atoms with Gasteiger partial charge in [0.25, 0.3) is 0 Å². The fourth-order valence-corrected chi connectivity index (χ4v) is 2.33. The Balaban J connectivity index is 1.96. The third-order valence-corrected chi connectivity index (χ3v) is 3.44. The maximum Gasteiger partial charge on any atom is 0.0402 e. The molecule has 2 aliphatic heterocycles. The molecule has 2 rings (SSSR count). The van der Waals surface area contributed by atoms with Crippen LogP contribution in [0.25, 0.3) is 0 Å². The van der Waals surface area contributed by atoms with Crippen molar-refractivity contribution in [1.82, 2.24) is 15.1 Å². The molecular weight excluding hydrogens is 210 g/mol. The lowest BCUT2D eigenvalue weighted by molar-refractivity contribution is 0.0777. The van der Waals surface area contributed by atoms with Crippen molar-refractivity contribution in [2.24, 2.45) is 0 Å². The van der Waals surface area contributed by atoms with Crippen molar-refractivity contribution in [3.63, 3.8) is 0 Å². The van der Waals surface area contributed by atoms with Crippen LogP contribution in [-0.4, -0.2) is 41.5 Å². The number of nitrogens with one attached hydrogen (secondary N) is 1. The maximum absolute atomic E-state index is 3.94.